The van der Waals surface area contributed by atoms with Crippen LogP contribution in [0.15, 0.2) is 24.3 Å². The molecule has 0 aromatic heterocycles. The minimum absolute atomic E-state index is 0.0270. The van der Waals surface area contributed by atoms with Crippen molar-refractivity contribution in [2.45, 2.75) is 252 Å². The number of carbonyl (C=O) groups excluding carboxylic acids is 9. The molecular weight excluding hydrogens is 1270 g/mol. The van der Waals surface area contributed by atoms with Crippen molar-refractivity contribution in [3.8, 4) is 0 Å². The third-order valence-corrected chi connectivity index (χ3v) is 14.8. The van der Waals surface area contributed by atoms with E-state index in [1.165, 1.54) is 9.80 Å². The smallest absolute Gasteiger partial charge is 0.480 e. The number of fused-ring (bicyclic) bond motifs is 1. The van der Waals surface area contributed by atoms with Crippen LogP contribution >= 0.6 is 0 Å². The second-order valence-electron chi connectivity index (χ2n) is 28.8. The number of hydrogen-bond donors (Lipinski definition) is 5. The SMILES string of the molecule is CC(C)(C)OC(=O)N1CCC[C@H]1C(=O)O.CC(C)(C)OC(=O)N1CCC[C@H]1CO.CC(C)(C)OC(=O)N1CCC[C@H]1CON.CC(C)(C)OC(=O)N1CCC[C@H]1CON1C(=O)c2ccccc2C1=O.CCOC(=O)OC(=O)C1CCCN1C(=O)OC(C)(C)C.O=C(O)[C@@H]1CCCN1. The molecule has 6 atom stereocenters. The lowest BCUT2D eigenvalue weighted by molar-refractivity contribution is -0.145. The number of imide groups is 1. The molecule has 1 unspecified atom stereocenters. The molecule has 8 rings (SSSR count). The molecule has 7 amide bonds. The fourth-order valence-electron chi connectivity index (χ4n) is 10.6. The lowest BCUT2D eigenvalue weighted by atomic mass is 10.1. The number of carbonyl (C=O) groups is 11. The average Bonchev–Trinajstić information content (AvgIpc) is 1.64. The molecule has 6 saturated heterocycles. The Morgan fingerprint density at radius 3 is 1.21 bits per heavy atom. The molecule has 7 heterocycles. The van der Waals surface area contributed by atoms with E-state index in [4.69, 9.17) is 49.7 Å². The van der Waals surface area contributed by atoms with Crippen LogP contribution in [0.25, 0.3) is 0 Å². The van der Waals surface area contributed by atoms with Gasteiger partial charge in [-0.15, -0.1) is 5.06 Å². The van der Waals surface area contributed by atoms with Crippen molar-refractivity contribution in [3.05, 3.63) is 35.4 Å². The highest BCUT2D eigenvalue weighted by Crippen LogP contribution is 2.28. The van der Waals surface area contributed by atoms with Crippen LogP contribution in [0, 0.1) is 0 Å². The number of rotatable bonds is 10. The number of aliphatic hydroxyl groups excluding tert-OH is 1. The second kappa shape index (κ2) is 37.9. The van der Waals surface area contributed by atoms with Gasteiger partial charge >= 0.3 is 54.5 Å². The summed E-state index contributed by atoms with van der Waals surface area (Å²) in [7, 11) is 0. The van der Waals surface area contributed by atoms with Crippen molar-refractivity contribution in [2.24, 2.45) is 5.90 Å². The number of nitrogens with two attached hydrogens (primary N) is 1. The zero-order chi connectivity index (χ0) is 73.4. The third kappa shape index (κ3) is 29.2. The number of ether oxygens (including phenoxy) is 7. The molecule has 0 spiro atoms. The molecule has 6 N–H and O–H groups in total. The molecule has 6 fully saturated rings. The molecule has 1 aromatic carbocycles. The Morgan fingerprint density at radius 2 is 0.856 bits per heavy atom. The number of nitrogens with zero attached hydrogens (tertiary/aromatic N) is 6. The third-order valence-electron chi connectivity index (χ3n) is 14.8. The zero-order valence-corrected chi connectivity index (χ0v) is 59.6. The monoisotopic (exact) mass is 1380 g/mol. The summed E-state index contributed by atoms with van der Waals surface area (Å²) in [4.78, 5) is 145. The highest BCUT2D eigenvalue weighted by Gasteiger charge is 2.42. The molecular formula is C66H108N8O23. The van der Waals surface area contributed by atoms with Crippen LogP contribution in [0.3, 0.4) is 0 Å². The topological polar surface area (TPSA) is 389 Å². The number of carboxylic acid groups (broad SMARTS) is 2. The van der Waals surface area contributed by atoms with E-state index in [-0.39, 0.29) is 56.2 Å². The molecule has 0 aliphatic carbocycles. The fraction of sp³-hybridized carbons (Fsp3) is 0.742. The first-order chi connectivity index (χ1) is 45.0. The van der Waals surface area contributed by atoms with Gasteiger partial charge in [-0.05, 0) is 207 Å². The maximum atomic E-state index is 12.3. The van der Waals surface area contributed by atoms with Crippen molar-refractivity contribution < 1.29 is 111 Å². The molecule has 1 aromatic rings. The maximum absolute atomic E-state index is 12.3. The summed E-state index contributed by atoms with van der Waals surface area (Å²) in [6.45, 7) is 33.0. The summed E-state index contributed by atoms with van der Waals surface area (Å²) in [5.41, 5.74) is -2.04. The standard InChI is InChI=1S/C18H22N2O5.C13H21NO6.C10H20N2O3.C10H17NO4.C10H19NO3.C5H9NO2/c1-18(2,3)25-17(23)19-10-6-7-12(19)11-24-20-15(21)13-8-4-5-9-14(13)16(20)22;1-5-18-12(17)19-10(15)9-7-6-8-14(9)11(16)20-13(2,3)4;1-10(2,3)15-9(13)12-6-4-5-8(12)7-14-11;1-10(2,3)15-9(14)11-6-4-5-7(11)8(12)13;1-10(2,3)14-9(13)11-6-4-5-8(11)7-12;7-5(8)4-2-1-3-6-4/h4-5,8-9,12H,6-7,10-11H2,1-3H3;9H,5-8H2,1-4H3;8H,4-7,11H2,1-3H3;7H,4-6H2,1-3H3,(H,12,13);8,12H,4-7H2,1-3H3;4,6H,1-3H2,(H,7,8)/t12-;;8-;7-;8-;4-/m0.0000/s1. The van der Waals surface area contributed by atoms with Crippen molar-refractivity contribution in [2.75, 3.05) is 65.7 Å². The van der Waals surface area contributed by atoms with Gasteiger partial charge in [0.05, 0.1) is 55.7 Å². The van der Waals surface area contributed by atoms with Gasteiger partial charge in [0.25, 0.3) is 11.8 Å². The van der Waals surface area contributed by atoms with Gasteiger partial charge in [0, 0.05) is 32.7 Å². The number of carboxylic acids is 2. The van der Waals surface area contributed by atoms with Gasteiger partial charge < -0.3 is 73.3 Å². The largest absolute Gasteiger partial charge is 0.516 e. The van der Waals surface area contributed by atoms with Gasteiger partial charge in [-0.1, -0.05) is 12.1 Å². The van der Waals surface area contributed by atoms with E-state index in [9.17, 15) is 52.7 Å². The Balaban J connectivity index is 0.000000312. The van der Waals surface area contributed by atoms with Crippen molar-refractivity contribution in [3.63, 3.8) is 0 Å². The van der Waals surface area contributed by atoms with Crippen LogP contribution in [0.1, 0.15) is 209 Å². The molecule has 31 nitrogen and oxygen atoms in total. The fourth-order valence-corrected chi connectivity index (χ4v) is 10.6. The predicted molar refractivity (Wildman–Crippen MR) is 349 cm³/mol. The number of amides is 7. The van der Waals surface area contributed by atoms with Crippen LogP contribution in [-0.4, -0.2) is 241 Å². The van der Waals surface area contributed by atoms with E-state index in [0.717, 1.165) is 75.9 Å². The van der Waals surface area contributed by atoms with Gasteiger partial charge in [0.1, 0.15) is 46.1 Å². The van der Waals surface area contributed by atoms with E-state index in [1.807, 2.05) is 62.3 Å². The average molecular weight is 1380 g/mol. The predicted octanol–water partition coefficient (Wildman–Crippen LogP) is 8.65. The van der Waals surface area contributed by atoms with Gasteiger partial charge in [-0.3, -0.25) is 29.0 Å². The van der Waals surface area contributed by atoms with Gasteiger partial charge in [0.15, 0.2) is 0 Å². The summed E-state index contributed by atoms with van der Waals surface area (Å²) in [6.07, 6.45) is 6.25. The number of hydrogen-bond acceptors (Lipinski definition) is 23. The number of aliphatic carboxylic acids is 2. The molecule has 550 valence electrons. The Kier molecular flexibility index (Phi) is 32.7. The molecule has 31 heteroatoms. The van der Waals surface area contributed by atoms with Gasteiger partial charge in [-0.25, -0.2) is 44.3 Å². The van der Waals surface area contributed by atoms with Crippen LogP contribution in [0.4, 0.5) is 28.8 Å². The maximum Gasteiger partial charge on any atom is 0.516 e. The number of esters is 1. The van der Waals surface area contributed by atoms with Crippen LogP contribution < -0.4 is 11.2 Å². The Morgan fingerprint density at radius 1 is 0.495 bits per heavy atom. The molecule has 97 heavy (non-hydrogen) atoms. The van der Waals surface area contributed by atoms with E-state index in [0.29, 0.717) is 63.2 Å². The summed E-state index contributed by atoms with van der Waals surface area (Å²) in [6, 6.07) is 4.60. The highest BCUT2D eigenvalue weighted by atomic mass is 16.7. The Hall–Kier alpha value is -7.61. The quantitative estimate of drug-likeness (QED) is 0.0480. The van der Waals surface area contributed by atoms with E-state index < -0.39 is 94.2 Å². The summed E-state index contributed by atoms with van der Waals surface area (Å²) in [5.74, 6) is 1.61. The van der Waals surface area contributed by atoms with Crippen LogP contribution in [0.2, 0.25) is 0 Å². The van der Waals surface area contributed by atoms with E-state index in [1.54, 1.807) is 87.4 Å². The molecule has 0 radical (unpaired) electrons. The Labute approximate surface area is 569 Å². The van der Waals surface area contributed by atoms with Crippen molar-refractivity contribution >= 4 is 66.3 Å². The molecule has 7 aliphatic heterocycles. The summed E-state index contributed by atoms with van der Waals surface area (Å²) >= 11 is 0. The molecule has 0 saturated carbocycles. The summed E-state index contributed by atoms with van der Waals surface area (Å²) < 4.78 is 35.3. The number of aliphatic hydroxyl groups is 1. The minimum Gasteiger partial charge on any atom is -0.480 e. The lowest BCUT2D eigenvalue weighted by Crippen LogP contribution is -2.44. The first-order valence-electron chi connectivity index (χ1n) is 33.1. The number of benzene rings is 1. The van der Waals surface area contributed by atoms with Gasteiger partial charge in [-0.2, -0.15) is 0 Å². The van der Waals surface area contributed by atoms with Crippen molar-refractivity contribution in [1.29, 1.82) is 0 Å². The van der Waals surface area contributed by atoms with Crippen LogP contribution in [-0.2, 0) is 57.2 Å². The first-order valence-corrected chi connectivity index (χ1v) is 33.1. The van der Waals surface area contributed by atoms with E-state index >= 15 is 0 Å². The zero-order valence-electron chi connectivity index (χ0n) is 59.6. The number of hydroxylamine groups is 2. The Bertz CT molecular complexity index is 2760. The van der Waals surface area contributed by atoms with Gasteiger partial charge in [0.2, 0.25) is 0 Å². The molecule has 0 bridgehead atoms. The summed E-state index contributed by atoms with van der Waals surface area (Å²) in [5, 5.41) is 29.9. The van der Waals surface area contributed by atoms with Crippen LogP contribution in [0.5, 0.6) is 0 Å². The van der Waals surface area contributed by atoms with Crippen molar-refractivity contribution in [1.82, 2.24) is 34.9 Å². The minimum atomic E-state index is -1.05. The first kappa shape index (κ1) is 83.6. The number of nitrogens with one attached hydrogen (secondary N) is 1. The highest BCUT2D eigenvalue weighted by molar-refractivity contribution is 6.20. The normalized spacial score (nSPS) is 21.3. The molecule has 7 aliphatic rings. The second-order valence-corrected chi connectivity index (χ2v) is 28.8. The van der Waals surface area contributed by atoms with E-state index in [2.05, 4.69) is 19.6 Å². The number of likely N-dealkylation sites (tertiary alicyclic amines) is 5. The lowest BCUT2D eigenvalue weighted by Gasteiger charge is -2.29.